The average molecular weight is 163 g/mol. The van der Waals surface area contributed by atoms with E-state index in [1.54, 1.807) is 0 Å². The fraction of sp³-hybridized carbons (Fsp3) is 0.100. The SMILES string of the molecule is [2H]/C(=C\c1ccccc1)OC(C)=O. The van der Waals surface area contributed by atoms with Crippen molar-refractivity contribution >= 4 is 12.0 Å². The molecule has 0 N–H and O–H groups in total. The molecule has 0 radical (unpaired) electrons. The van der Waals surface area contributed by atoms with Gasteiger partial charge >= 0.3 is 5.97 Å². The number of hydrogen-bond acceptors (Lipinski definition) is 2. The fourth-order valence-corrected chi connectivity index (χ4v) is 0.730. The van der Waals surface area contributed by atoms with Gasteiger partial charge in [0.2, 0.25) is 0 Å². The summed E-state index contributed by atoms with van der Waals surface area (Å²) in [6, 6.07) is 9.25. The maximum atomic E-state index is 10.5. The molecule has 0 spiro atoms. The van der Waals surface area contributed by atoms with Crippen molar-refractivity contribution in [2.75, 3.05) is 0 Å². The lowest BCUT2D eigenvalue weighted by Gasteiger charge is -1.91. The molecule has 0 saturated heterocycles. The van der Waals surface area contributed by atoms with Gasteiger partial charge in [0, 0.05) is 6.92 Å². The molecular weight excluding hydrogens is 152 g/mol. The van der Waals surface area contributed by atoms with Gasteiger partial charge in [0.15, 0.2) is 0 Å². The Morgan fingerprint density at radius 1 is 1.50 bits per heavy atom. The molecule has 0 amide bonds. The standard InChI is InChI=1S/C10H10O2/c1-9(11)12-8-7-10-5-3-2-4-6-10/h2-8H,1H3/b8-7+/i8D. The van der Waals surface area contributed by atoms with Gasteiger partial charge in [-0.15, -0.1) is 0 Å². The van der Waals surface area contributed by atoms with Crippen molar-refractivity contribution < 1.29 is 10.9 Å². The van der Waals surface area contributed by atoms with Crippen LogP contribution in [0.4, 0.5) is 0 Å². The summed E-state index contributed by atoms with van der Waals surface area (Å²) in [4.78, 5) is 10.5. The van der Waals surface area contributed by atoms with E-state index in [0.29, 0.717) is 0 Å². The largest absolute Gasteiger partial charge is 0.435 e. The summed E-state index contributed by atoms with van der Waals surface area (Å²) in [5.74, 6) is -0.475. The van der Waals surface area contributed by atoms with Crippen LogP contribution in [0.2, 0.25) is 0 Å². The van der Waals surface area contributed by atoms with Gasteiger partial charge in [0.25, 0.3) is 0 Å². The quantitative estimate of drug-likeness (QED) is 0.493. The highest BCUT2D eigenvalue weighted by molar-refractivity contribution is 5.67. The van der Waals surface area contributed by atoms with E-state index in [4.69, 9.17) is 1.37 Å². The molecule has 0 saturated carbocycles. The molecule has 0 fully saturated rings. The first-order valence-corrected chi connectivity index (χ1v) is 3.60. The Labute approximate surface area is 72.9 Å². The molecule has 0 unspecified atom stereocenters. The lowest BCUT2D eigenvalue weighted by Crippen LogP contribution is -1.88. The zero-order valence-electron chi connectivity index (χ0n) is 7.78. The average Bonchev–Trinajstić information content (AvgIpc) is 2.04. The highest BCUT2D eigenvalue weighted by atomic mass is 16.5. The zero-order chi connectivity index (χ0) is 9.68. The predicted molar refractivity (Wildman–Crippen MR) is 47.2 cm³/mol. The maximum absolute atomic E-state index is 10.5. The minimum Gasteiger partial charge on any atom is -0.435 e. The molecule has 1 aromatic carbocycles. The normalized spacial score (nSPS) is 12.1. The van der Waals surface area contributed by atoms with Crippen LogP contribution in [-0.2, 0) is 9.53 Å². The first kappa shape index (κ1) is 7.10. The Morgan fingerprint density at radius 3 is 2.75 bits per heavy atom. The molecule has 0 heterocycles. The van der Waals surface area contributed by atoms with Crippen molar-refractivity contribution in [3.8, 4) is 0 Å². The van der Waals surface area contributed by atoms with Crippen molar-refractivity contribution in [3.63, 3.8) is 0 Å². The molecule has 0 aliphatic rings. The molecule has 1 aromatic rings. The van der Waals surface area contributed by atoms with Crippen LogP contribution in [0.25, 0.3) is 6.08 Å². The highest BCUT2D eigenvalue weighted by Crippen LogP contribution is 2.00. The van der Waals surface area contributed by atoms with Crippen LogP contribution >= 0.6 is 0 Å². The fourth-order valence-electron chi connectivity index (χ4n) is 0.730. The molecule has 12 heavy (non-hydrogen) atoms. The highest BCUT2D eigenvalue weighted by Gasteiger charge is 1.85. The van der Waals surface area contributed by atoms with Crippen LogP contribution in [0, 0.1) is 0 Å². The first-order chi connectivity index (χ1) is 6.18. The second-order valence-corrected chi connectivity index (χ2v) is 2.27. The molecule has 0 bridgehead atoms. The minimum atomic E-state index is -0.475. The lowest BCUT2D eigenvalue weighted by atomic mass is 10.2. The third kappa shape index (κ3) is 3.01. The molecule has 0 aliphatic heterocycles. The van der Waals surface area contributed by atoms with Crippen molar-refractivity contribution in [1.29, 1.82) is 0 Å². The van der Waals surface area contributed by atoms with Gasteiger partial charge in [-0.25, -0.2) is 0 Å². The molecule has 1 rings (SSSR count). The second kappa shape index (κ2) is 4.34. The van der Waals surface area contributed by atoms with Gasteiger partial charge in [-0.3, -0.25) is 4.79 Å². The number of benzene rings is 1. The third-order valence-electron chi connectivity index (χ3n) is 1.23. The molecule has 2 heteroatoms. The minimum absolute atomic E-state index is 0.140. The molecule has 62 valence electrons. The van der Waals surface area contributed by atoms with Crippen LogP contribution in [0.1, 0.15) is 13.9 Å². The number of carbonyl (C=O) groups excluding carboxylic acids is 1. The molecular formula is C10H10O2. The summed E-state index contributed by atoms with van der Waals surface area (Å²) in [6.07, 6.45) is 1.35. The monoisotopic (exact) mass is 163 g/mol. The van der Waals surface area contributed by atoms with E-state index in [0.717, 1.165) is 5.56 Å². The summed E-state index contributed by atoms with van der Waals surface area (Å²) in [5.41, 5.74) is 0.841. The van der Waals surface area contributed by atoms with Gasteiger partial charge < -0.3 is 4.74 Å². The van der Waals surface area contributed by atoms with Crippen molar-refractivity contribution in [1.82, 2.24) is 0 Å². The predicted octanol–water partition coefficient (Wildman–Crippen LogP) is 2.22. The van der Waals surface area contributed by atoms with Crippen molar-refractivity contribution in [2.45, 2.75) is 6.92 Å². The molecule has 0 atom stereocenters. The maximum Gasteiger partial charge on any atom is 0.307 e. The van der Waals surface area contributed by atoms with Crippen LogP contribution in [0.5, 0.6) is 0 Å². The first-order valence-electron chi connectivity index (χ1n) is 4.10. The third-order valence-corrected chi connectivity index (χ3v) is 1.23. The van der Waals surface area contributed by atoms with Crippen molar-refractivity contribution in [3.05, 3.63) is 42.1 Å². The lowest BCUT2D eigenvalue weighted by molar-refractivity contribution is -0.135. The van der Waals surface area contributed by atoms with Gasteiger partial charge in [0.05, 0.1) is 6.24 Å². The van der Waals surface area contributed by atoms with Crippen LogP contribution in [-0.4, -0.2) is 5.97 Å². The Balaban J connectivity index is 2.71. The summed E-state index contributed by atoms with van der Waals surface area (Å²) < 4.78 is 11.8. The Kier molecular flexibility index (Phi) is 2.57. The van der Waals surface area contributed by atoms with E-state index in [1.165, 1.54) is 13.0 Å². The van der Waals surface area contributed by atoms with Gasteiger partial charge in [0.1, 0.15) is 1.37 Å². The van der Waals surface area contributed by atoms with Gasteiger partial charge in [-0.05, 0) is 11.6 Å². The number of esters is 1. The Hall–Kier alpha value is -1.57. The van der Waals surface area contributed by atoms with Crippen LogP contribution in [0.3, 0.4) is 0 Å². The molecule has 0 aromatic heterocycles. The summed E-state index contributed by atoms with van der Waals surface area (Å²) >= 11 is 0. The van der Waals surface area contributed by atoms with E-state index in [2.05, 4.69) is 4.74 Å². The molecule has 2 nitrogen and oxygen atoms in total. The van der Waals surface area contributed by atoms with E-state index < -0.39 is 5.97 Å². The van der Waals surface area contributed by atoms with Crippen LogP contribution < -0.4 is 0 Å². The van der Waals surface area contributed by atoms with E-state index in [9.17, 15) is 4.79 Å². The Morgan fingerprint density at radius 2 is 2.17 bits per heavy atom. The summed E-state index contributed by atoms with van der Waals surface area (Å²) in [6.45, 7) is 1.27. The smallest absolute Gasteiger partial charge is 0.307 e. The van der Waals surface area contributed by atoms with E-state index in [1.807, 2.05) is 30.3 Å². The van der Waals surface area contributed by atoms with Gasteiger partial charge in [-0.1, -0.05) is 30.3 Å². The second-order valence-electron chi connectivity index (χ2n) is 2.27. The Bertz CT molecular complexity index is 317. The number of hydrogen-bond donors (Lipinski definition) is 0. The molecule has 0 aliphatic carbocycles. The van der Waals surface area contributed by atoms with E-state index >= 15 is 0 Å². The van der Waals surface area contributed by atoms with E-state index in [-0.39, 0.29) is 6.24 Å². The number of carbonyl (C=O) groups is 1. The summed E-state index contributed by atoms with van der Waals surface area (Å²) in [5, 5.41) is 0. The van der Waals surface area contributed by atoms with Crippen molar-refractivity contribution in [2.24, 2.45) is 0 Å². The van der Waals surface area contributed by atoms with Crippen LogP contribution in [0.15, 0.2) is 36.6 Å². The topological polar surface area (TPSA) is 26.3 Å². The number of ether oxygens (including phenoxy) is 1. The van der Waals surface area contributed by atoms with Gasteiger partial charge in [-0.2, -0.15) is 0 Å². The number of rotatable bonds is 2. The zero-order valence-corrected chi connectivity index (χ0v) is 6.78. The summed E-state index contributed by atoms with van der Waals surface area (Å²) in [7, 11) is 0.